The Balaban J connectivity index is 1.57. The average Bonchev–Trinajstić information content (AvgIpc) is 3.14. The van der Waals surface area contributed by atoms with Crippen LogP contribution in [0.3, 0.4) is 0 Å². The lowest BCUT2D eigenvalue weighted by Crippen LogP contribution is -2.43. The number of esters is 1. The maximum Gasteiger partial charge on any atom is 0.307 e. The number of carbonyl (C=O) groups excluding carboxylic acids is 2. The number of thiophene rings is 1. The number of hydrogen-bond acceptors (Lipinski definition) is 4. The molecule has 2 aliphatic rings. The van der Waals surface area contributed by atoms with Crippen molar-refractivity contribution >= 4 is 23.2 Å². The zero-order valence-corrected chi connectivity index (χ0v) is 13.1. The van der Waals surface area contributed by atoms with Gasteiger partial charge in [0.1, 0.15) is 5.60 Å². The molecule has 1 spiro atoms. The van der Waals surface area contributed by atoms with Crippen LogP contribution < -0.4 is 5.32 Å². The summed E-state index contributed by atoms with van der Waals surface area (Å²) < 4.78 is 5.52. The van der Waals surface area contributed by atoms with Crippen molar-refractivity contribution in [3.8, 4) is 0 Å². The SMILES string of the molecule is Cc1ccsc1CCNC(=O)[C@@H]1CC(=O)OC12CCCC2. The van der Waals surface area contributed by atoms with E-state index in [4.69, 9.17) is 4.74 Å². The molecular formula is C16H21NO3S. The Bertz CT molecular complexity index is 545. The highest BCUT2D eigenvalue weighted by molar-refractivity contribution is 7.10. The fourth-order valence-electron chi connectivity index (χ4n) is 3.53. The molecule has 4 nitrogen and oxygen atoms in total. The summed E-state index contributed by atoms with van der Waals surface area (Å²) >= 11 is 1.72. The van der Waals surface area contributed by atoms with E-state index in [0.29, 0.717) is 6.54 Å². The van der Waals surface area contributed by atoms with E-state index in [2.05, 4.69) is 23.7 Å². The number of carbonyl (C=O) groups is 2. The van der Waals surface area contributed by atoms with E-state index < -0.39 is 5.60 Å². The van der Waals surface area contributed by atoms with Crippen LogP contribution in [0.15, 0.2) is 11.4 Å². The second kappa shape index (κ2) is 5.79. The van der Waals surface area contributed by atoms with Crippen LogP contribution >= 0.6 is 11.3 Å². The van der Waals surface area contributed by atoms with Gasteiger partial charge in [-0.3, -0.25) is 9.59 Å². The Morgan fingerprint density at radius 1 is 1.48 bits per heavy atom. The van der Waals surface area contributed by atoms with Gasteiger partial charge in [-0.05, 0) is 56.0 Å². The molecule has 0 bridgehead atoms. The molecule has 2 heterocycles. The monoisotopic (exact) mass is 307 g/mol. The summed E-state index contributed by atoms with van der Waals surface area (Å²) in [4.78, 5) is 25.4. The van der Waals surface area contributed by atoms with Crippen LogP contribution in [-0.4, -0.2) is 24.0 Å². The third-order valence-electron chi connectivity index (χ3n) is 4.71. The predicted octanol–water partition coefficient (Wildman–Crippen LogP) is 2.59. The summed E-state index contributed by atoms with van der Waals surface area (Å²) in [5.41, 5.74) is 0.779. The molecule has 1 aliphatic carbocycles. The molecule has 0 unspecified atom stereocenters. The molecule has 114 valence electrons. The van der Waals surface area contributed by atoms with Crippen molar-refractivity contribution in [3.63, 3.8) is 0 Å². The average molecular weight is 307 g/mol. The molecule has 1 saturated carbocycles. The van der Waals surface area contributed by atoms with Crippen LogP contribution in [0.5, 0.6) is 0 Å². The highest BCUT2D eigenvalue weighted by Gasteiger charge is 2.53. The minimum absolute atomic E-state index is 0.0167. The van der Waals surface area contributed by atoms with Gasteiger partial charge in [-0.15, -0.1) is 11.3 Å². The van der Waals surface area contributed by atoms with Crippen molar-refractivity contribution in [2.45, 2.75) is 51.0 Å². The van der Waals surface area contributed by atoms with Crippen molar-refractivity contribution in [3.05, 3.63) is 21.9 Å². The normalized spacial score (nSPS) is 23.5. The van der Waals surface area contributed by atoms with Crippen LogP contribution in [0.1, 0.15) is 42.5 Å². The maximum absolute atomic E-state index is 12.4. The van der Waals surface area contributed by atoms with Crippen LogP contribution in [0.4, 0.5) is 0 Å². The molecule has 1 atom stereocenters. The van der Waals surface area contributed by atoms with Gasteiger partial charge in [0.15, 0.2) is 0 Å². The largest absolute Gasteiger partial charge is 0.458 e. The van der Waals surface area contributed by atoms with Gasteiger partial charge in [-0.2, -0.15) is 0 Å². The molecule has 1 N–H and O–H groups in total. The van der Waals surface area contributed by atoms with Gasteiger partial charge in [0, 0.05) is 11.4 Å². The minimum Gasteiger partial charge on any atom is -0.458 e. The van der Waals surface area contributed by atoms with Crippen molar-refractivity contribution in [1.82, 2.24) is 5.32 Å². The third kappa shape index (κ3) is 2.84. The van der Waals surface area contributed by atoms with E-state index in [9.17, 15) is 9.59 Å². The topological polar surface area (TPSA) is 55.4 Å². The van der Waals surface area contributed by atoms with Crippen molar-refractivity contribution < 1.29 is 14.3 Å². The first kappa shape index (κ1) is 14.6. The molecule has 5 heteroatoms. The summed E-state index contributed by atoms with van der Waals surface area (Å²) in [6, 6.07) is 2.10. The first-order valence-electron chi connectivity index (χ1n) is 7.63. The molecule has 1 aliphatic heterocycles. The van der Waals surface area contributed by atoms with Gasteiger partial charge in [-0.25, -0.2) is 0 Å². The van der Waals surface area contributed by atoms with Gasteiger partial charge < -0.3 is 10.1 Å². The minimum atomic E-state index is -0.500. The molecule has 1 saturated heterocycles. The predicted molar refractivity (Wildman–Crippen MR) is 81.2 cm³/mol. The Labute approximate surface area is 128 Å². The van der Waals surface area contributed by atoms with E-state index >= 15 is 0 Å². The quantitative estimate of drug-likeness (QED) is 0.870. The molecule has 1 amide bonds. The van der Waals surface area contributed by atoms with E-state index in [0.717, 1.165) is 32.1 Å². The number of aryl methyl sites for hydroxylation is 1. The summed E-state index contributed by atoms with van der Waals surface area (Å²) in [5.74, 6) is -0.528. The highest BCUT2D eigenvalue weighted by Crippen LogP contribution is 2.45. The Hall–Kier alpha value is -1.36. The fraction of sp³-hybridized carbons (Fsp3) is 0.625. The fourth-order valence-corrected chi connectivity index (χ4v) is 4.44. The number of rotatable bonds is 4. The zero-order chi connectivity index (χ0) is 14.9. The molecule has 1 aromatic rings. The second-order valence-corrected chi connectivity index (χ2v) is 7.07. The summed E-state index contributed by atoms with van der Waals surface area (Å²) in [6.45, 7) is 2.71. The first-order chi connectivity index (χ1) is 10.1. The summed E-state index contributed by atoms with van der Waals surface area (Å²) in [7, 11) is 0. The van der Waals surface area contributed by atoms with E-state index in [1.165, 1.54) is 10.4 Å². The van der Waals surface area contributed by atoms with Crippen molar-refractivity contribution in [2.75, 3.05) is 6.54 Å². The smallest absolute Gasteiger partial charge is 0.307 e. The van der Waals surface area contributed by atoms with E-state index in [-0.39, 0.29) is 24.2 Å². The van der Waals surface area contributed by atoms with Crippen molar-refractivity contribution in [1.29, 1.82) is 0 Å². The van der Waals surface area contributed by atoms with Gasteiger partial charge in [0.25, 0.3) is 0 Å². The van der Waals surface area contributed by atoms with Gasteiger partial charge in [0.2, 0.25) is 5.91 Å². The Morgan fingerprint density at radius 3 is 2.90 bits per heavy atom. The number of amides is 1. The molecule has 2 fully saturated rings. The van der Waals surface area contributed by atoms with E-state index in [1.54, 1.807) is 11.3 Å². The molecule has 0 radical (unpaired) electrons. The van der Waals surface area contributed by atoms with Gasteiger partial charge in [0.05, 0.1) is 12.3 Å². The van der Waals surface area contributed by atoms with Crippen molar-refractivity contribution in [2.24, 2.45) is 5.92 Å². The molecule has 0 aromatic carbocycles. The molecule has 21 heavy (non-hydrogen) atoms. The van der Waals surface area contributed by atoms with Crippen LogP contribution in [0, 0.1) is 12.8 Å². The van der Waals surface area contributed by atoms with Gasteiger partial charge in [-0.1, -0.05) is 0 Å². The van der Waals surface area contributed by atoms with Crippen LogP contribution in [0.2, 0.25) is 0 Å². The second-order valence-electron chi connectivity index (χ2n) is 6.07. The van der Waals surface area contributed by atoms with E-state index in [1.807, 2.05) is 0 Å². The number of ether oxygens (including phenoxy) is 1. The third-order valence-corrected chi connectivity index (χ3v) is 5.79. The maximum atomic E-state index is 12.4. The Kier molecular flexibility index (Phi) is 4.02. The van der Waals surface area contributed by atoms with Crippen LogP contribution in [0.25, 0.3) is 0 Å². The lowest BCUT2D eigenvalue weighted by Gasteiger charge is -2.27. The highest BCUT2D eigenvalue weighted by atomic mass is 32.1. The molecular weight excluding hydrogens is 286 g/mol. The summed E-state index contributed by atoms with van der Waals surface area (Å²) in [5, 5.41) is 5.07. The van der Waals surface area contributed by atoms with Gasteiger partial charge >= 0.3 is 5.97 Å². The zero-order valence-electron chi connectivity index (χ0n) is 12.3. The number of hydrogen-bond donors (Lipinski definition) is 1. The van der Waals surface area contributed by atoms with Crippen LogP contribution in [-0.2, 0) is 20.7 Å². The lowest BCUT2D eigenvalue weighted by molar-refractivity contribution is -0.149. The molecule has 3 rings (SSSR count). The standard InChI is InChI=1S/C16H21NO3S/c1-11-5-9-21-13(11)4-8-17-15(19)12-10-14(18)20-16(12)6-2-3-7-16/h5,9,12H,2-4,6-8,10H2,1H3,(H,17,19)/t12-/m0/s1. The first-order valence-corrected chi connectivity index (χ1v) is 8.51. The Morgan fingerprint density at radius 2 is 2.24 bits per heavy atom. The number of nitrogens with one attached hydrogen (secondary N) is 1. The molecule has 1 aromatic heterocycles. The lowest BCUT2D eigenvalue weighted by atomic mass is 9.85. The summed E-state index contributed by atoms with van der Waals surface area (Å²) in [6.07, 6.45) is 4.85.